The van der Waals surface area contributed by atoms with Crippen LogP contribution in [0.3, 0.4) is 0 Å². The summed E-state index contributed by atoms with van der Waals surface area (Å²) in [4.78, 5) is 12.0. The van der Waals surface area contributed by atoms with Gasteiger partial charge < -0.3 is 10.6 Å². The van der Waals surface area contributed by atoms with Gasteiger partial charge in [-0.15, -0.1) is 0 Å². The molecule has 5 heteroatoms. The lowest BCUT2D eigenvalue weighted by molar-refractivity contribution is 0.262. The molecule has 0 aliphatic rings. The number of halogens is 2. The van der Waals surface area contributed by atoms with Gasteiger partial charge in [0, 0.05) is 21.4 Å². The normalized spacial score (nSPS) is 10.2. The fraction of sp³-hybridized carbons (Fsp3) is 0.133. The van der Waals surface area contributed by atoms with Crippen molar-refractivity contribution >= 4 is 40.6 Å². The van der Waals surface area contributed by atoms with Gasteiger partial charge in [0.1, 0.15) is 0 Å². The first kappa shape index (κ1) is 14.7. The molecular weight excluding hydrogens is 295 g/mol. The number of amides is 2. The number of urea groups is 1. The summed E-state index contributed by atoms with van der Waals surface area (Å²) in [6.07, 6.45) is 0. The van der Waals surface area contributed by atoms with Crippen LogP contribution in [0.4, 0.5) is 16.2 Å². The largest absolute Gasteiger partial charge is 0.323 e. The number of hydrogen-bond donors (Lipinski definition) is 2. The van der Waals surface area contributed by atoms with Crippen molar-refractivity contribution in [3.8, 4) is 0 Å². The third-order valence-electron chi connectivity index (χ3n) is 3.03. The molecule has 0 heterocycles. The van der Waals surface area contributed by atoms with Crippen LogP contribution < -0.4 is 10.6 Å². The van der Waals surface area contributed by atoms with Crippen LogP contribution in [0.15, 0.2) is 36.4 Å². The van der Waals surface area contributed by atoms with Crippen molar-refractivity contribution < 1.29 is 4.79 Å². The zero-order valence-electron chi connectivity index (χ0n) is 11.1. The second-order valence-electron chi connectivity index (χ2n) is 4.40. The van der Waals surface area contributed by atoms with Crippen LogP contribution in [0.5, 0.6) is 0 Å². The minimum atomic E-state index is -0.333. The van der Waals surface area contributed by atoms with E-state index in [4.69, 9.17) is 23.2 Å². The summed E-state index contributed by atoms with van der Waals surface area (Å²) in [5, 5.41) is 6.76. The Labute approximate surface area is 127 Å². The third kappa shape index (κ3) is 3.24. The maximum atomic E-state index is 12.0. The Morgan fingerprint density at radius 2 is 1.25 bits per heavy atom. The second kappa shape index (κ2) is 6.16. The van der Waals surface area contributed by atoms with Gasteiger partial charge in [-0.3, -0.25) is 0 Å². The average Bonchev–Trinajstić information content (AvgIpc) is 2.40. The molecule has 0 fully saturated rings. The predicted molar refractivity (Wildman–Crippen MR) is 85.0 cm³/mol. The minimum Gasteiger partial charge on any atom is -0.307 e. The lowest BCUT2D eigenvalue weighted by atomic mass is 10.2. The first-order valence-electron chi connectivity index (χ1n) is 6.07. The minimum absolute atomic E-state index is 0.333. The van der Waals surface area contributed by atoms with Crippen molar-refractivity contribution in [2.45, 2.75) is 13.8 Å². The number of anilines is 2. The highest BCUT2D eigenvalue weighted by atomic mass is 35.5. The van der Waals surface area contributed by atoms with E-state index in [0.29, 0.717) is 21.4 Å². The van der Waals surface area contributed by atoms with Gasteiger partial charge in [0.2, 0.25) is 0 Å². The van der Waals surface area contributed by atoms with E-state index in [1.54, 1.807) is 36.4 Å². The topological polar surface area (TPSA) is 41.1 Å². The van der Waals surface area contributed by atoms with Crippen molar-refractivity contribution in [3.05, 3.63) is 57.6 Å². The van der Waals surface area contributed by atoms with E-state index in [9.17, 15) is 4.79 Å². The van der Waals surface area contributed by atoms with Gasteiger partial charge >= 0.3 is 6.03 Å². The summed E-state index contributed by atoms with van der Waals surface area (Å²) < 4.78 is 0. The molecule has 2 N–H and O–H groups in total. The van der Waals surface area contributed by atoms with Gasteiger partial charge in [0.15, 0.2) is 0 Å². The molecule has 0 unspecified atom stereocenters. The molecule has 20 heavy (non-hydrogen) atoms. The Hall–Kier alpha value is -1.71. The van der Waals surface area contributed by atoms with Crippen LogP contribution >= 0.6 is 23.2 Å². The maximum absolute atomic E-state index is 12.0. The Balaban J connectivity index is 2.13. The average molecular weight is 309 g/mol. The van der Waals surface area contributed by atoms with E-state index in [-0.39, 0.29) is 6.03 Å². The van der Waals surface area contributed by atoms with Crippen LogP contribution in [0.1, 0.15) is 11.1 Å². The van der Waals surface area contributed by atoms with Crippen molar-refractivity contribution in [2.75, 3.05) is 10.6 Å². The molecule has 0 aliphatic heterocycles. The molecule has 2 aromatic carbocycles. The number of nitrogens with one attached hydrogen (secondary N) is 2. The smallest absolute Gasteiger partial charge is 0.307 e. The molecule has 2 rings (SSSR count). The molecule has 0 saturated carbocycles. The van der Waals surface area contributed by atoms with E-state index in [2.05, 4.69) is 10.6 Å². The Morgan fingerprint density at radius 1 is 0.850 bits per heavy atom. The summed E-state index contributed by atoms with van der Waals surface area (Å²) in [5.41, 5.74) is 3.00. The monoisotopic (exact) mass is 308 g/mol. The Morgan fingerprint density at radius 3 is 1.65 bits per heavy atom. The van der Waals surface area contributed by atoms with E-state index >= 15 is 0 Å². The number of benzene rings is 2. The Kier molecular flexibility index (Phi) is 4.53. The number of carbonyl (C=O) groups excluding carboxylic acids is 1. The van der Waals surface area contributed by atoms with E-state index in [1.807, 2.05) is 13.8 Å². The molecule has 0 radical (unpaired) electrons. The van der Waals surface area contributed by atoms with Crippen molar-refractivity contribution in [1.82, 2.24) is 0 Å². The fourth-order valence-corrected chi connectivity index (χ4v) is 2.11. The summed E-state index contributed by atoms with van der Waals surface area (Å²) in [5.74, 6) is 0. The molecule has 2 aromatic rings. The second-order valence-corrected chi connectivity index (χ2v) is 5.22. The predicted octanol–water partition coefficient (Wildman–Crippen LogP) is 5.25. The van der Waals surface area contributed by atoms with Crippen molar-refractivity contribution in [2.24, 2.45) is 0 Å². The molecular formula is C15H14Cl2N2O. The highest BCUT2D eigenvalue weighted by Crippen LogP contribution is 2.25. The van der Waals surface area contributed by atoms with Crippen molar-refractivity contribution in [1.29, 1.82) is 0 Å². The molecule has 0 aromatic heterocycles. The SMILES string of the molecule is Cc1c(Cl)cccc1NC(=O)Nc1cccc(Cl)c1C. The van der Waals surface area contributed by atoms with Crippen LogP contribution in [-0.2, 0) is 0 Å². The first-order chi connectivity index (χ1) is 9.49. The van der Waals surface area contributed by atoms with Gasteiger partial charge in [0.25, 0.3) is 0 Å². The van der Waals surface area contributed by atoms with E-state index < -0.39 is 0 Å². The van der Waals surface area contributed by atoms with Crippen LogP contribution in [0.25, 0.3) is 0 Å². The van der Waals surface area contributed by atoms with E-state index in [1.165, 1.54) is 0 Å². The molecule has 0 bridgehead atoms. The van der Waals surface area contributed by atoms with Gasteiger partial charge in [-0.2, -0.15) is 0 Å². The fourth-order valence-electron chi connectivity index (χ4n) is 1.76. The summed E-state index contributed by atoms with van der Waals surface area (Å²) in [7, 11) is 0. The highest BCUT2D eigenvalue weighted by Gasteiger charge is 2.09. The first-order valence-corrected chi connectivity index (χ1v) is 6.83. The number of rotatable bonds is 2. The molecule has 3 nitrogen and oxygen atoms in total. The summed E-state index contributed by atoms with van der Waals surface area (Å²) >= 11 is 12.0. The lowest BCUT2D eigenvalue weighted by Gasteiger charge is -2.12. The number of hydrogen-bond acceptors (Lipinski definition) is 1. The van der Waals surface area contributed by atoms with Gasteiger partial charge in [-0.25, -0.2) is 4.79 Å². The lowest BCUT2D eigenvalue weighted by Crippen LogP contribution is -2.20. The summed E-state index contributed by atoms with van der Waals surface area (Å²) in [6, 6.07) is 10.4. The molecule has 104 valence electrons. The molecule has 0 spiro atoms. The third-order valence-corrected chi connectivity index (χ3v) is 3.85. The van der Waals surface area contributed by atoms with E-state index in [0.717, 1.165) is 11.1 Å². The molecule has 0 saturated heterocycles. The van der Waals surface area contributed by atoms with Crippen LogP contribution in [0.2, 0.25) is 10.0 Å². The number of carbonyl (C=O) groups is 1. The van der Waals surface area contributed by atoms with Crippen molar-refractivity contribution in [3.63, 3.8) is 0 Å². The van der Waals surface area contributed by atoms with Gasteiger partial charge in [0.05, 0.1) is 0 Å². The molecule has 0 aliphatic carbocycles. The Bertz CT molecular complexity index is 601. The highest BCUT2D eigenvalue weighted by molar-refractivity contribution is 6.32. The zero-order chi connectivity index (χ0) is 14.7. The maximum Gasteiger partial charge on any atom is 0.323 e. The summed E-state index contributed by atoms with van der Waals surface area (Å²) in [6.45, 7) is 3.70. The van der Waals surface area contributed by atoms with Gasteiger partial charge in [-0.1, -0.05) is 35.3 Å². The van der Waals surface area contributed by atoms with Crippen LogP contribution in [-0.4, -0.2) is 6.03 Å². The standard InChI is InChI=1S/C15H14Cl2N2O/c1-9-11(16)5-3-7-13(9)18-15(20)19-14-8-4-6-12(17)10(14)2/h3-8H,1-2H3,(H2,18,19,20). The van der Waals surface area contributed by atoms with Gasteiger partial charge in [-0.05, 0) is 49.2 Å². The zero-order valence-corrected chi connectivity index (χ0v) is 12.6. The molecule has 0 atom stereocenters. The van der Waals surface area contributed by atoms with Crippen LogP contribution in [0, 0.1) is 13.8 Å². The quantitative estimate of drug-likeness (QED) is 0.781. The molecule has 2 amide bonds.